The van der Waals surface area contributed by atoms with Gasteiger partial charge in [0.25, 0.3) is 11.8 Å². The Morgan fingerprint density at radius 1 is 0.952 bits per heavy atom. The Balaban J connectivity index is 1.49. The molecule has 2 atom stereocenters. The molecule has 5 rings (SSSR count). The van der Waals surface area contributed by atoms with Crippen LogP contribution in [0.3, 0.4) is 0 Å². The van der Waals surface area contributed by atoms with Gasteiger partial charge in [0.1, 0.15) is 17.5 Å². The molecule has 1 N–H and O–H groups in total. The lowest BCUT2D eigenvalue weighted by molar-refractivity contribution is -0.135. The molecular weight excluding hydrogens is 534 g/mol. The topological polar surface area (TPSA) is 104 Å². The molecule has 2 unspecified atom stereocenters. The van der Waals surface area contributed by atoms with Crippen LogP contribution >= 0.6 is 0 Å². The van der Waals surface area contributed by atoms with E-state index < -0.39 is 12.1 Å². The molecule has 0 bridgehead atoms. The molecule has 0 radical (unpaired) electrons. The molecule has 220 valence electrons. The van der Waals surface area contributed by atoms with E-state index in [2.05, 4.69) is 10.3 Å². The Bertz CT molecular complexity index is 1380. The number of benzene rings is 2. The average Bonchev–Trinajstić information content (AvgIpc) is 3.30. The number of rotatable bonds is 8. The summed E-state index contributed by atoms with van der Waals surface area (Å²) in [6, 6.07) is 16.9. The zero-order valence-corrected chi connectivity index (χ0v) is 24.1. The quantitative estimate of drug-likeness (QED) is 0.444. The number of aromatic nitrogens is 1. The summed E-state index contributed by atoms with van der Waals surface area (Å²) in [5.41, 5.74) is 1.79. The first kappa shape index (κ1) is 29.1. The number of nitrogens with one attached hydrogen (secondary N) is 1. The lowest BCUT2D eigenvalue weighted by Gasteiger charge is -2.29. The highest BCUT2D eigenvalue weighted by atomic mass is 16.5. The molecule has 2 aromatic carbocycles. The number of likely N-dealkylation sites (tertiary alicyclic amines) is 1. The molecule has 0 spiro atoms. The van der Waals surface area contributed by atoms with Gasteiger partial charge in [-0.3, -0.25) is 19.4 Å². The number of hydrogen-bond acceptors (Lipinski definition) is 7. The highest BCUT2D eigenvalue weighted by molar-refractivity contribution is 5.98. The summed E-state index contributed by atoms with van der Waals surface area (Å²) >= 11 is 0. The van der Waals surface area contributed by atoms with Gasteiger partial charge < -0.3 is 29.5 Å². The van der Waals surface area contributed by atoms with Crippen LogP contribution in [0.2, 0.25) is 0 Å². The average molecular weight is 572 g/mol. The van der Waals surface area contributed by atoms with Crippen molar-refractivity contribution in [3.63, 3.8) is 0 Å². The third-order valence-corrected chi connectivity index (χ3v) is 7.91. The van der Waals surface area contributed by atoms with E-state index >= 15 is 0 Å². The number of nitrogens with zero attached hydrogens (tertiary/aromatic N) is 4. The van der Waals surface area contributed by atoms with E-state index in [9.17, 15) is 14.4 Å². The summed E-state index contributed by atoms with van der Waals surface area (Å²) in [6.07, 6.45) is 4.31. The Morgan fingerprint density at radius 3 is 2.50 bits per heavy atom. The van der Waals surface area contributed by atoms with Gasteiger partial charge in [-0.1, -0.05) is 12.1 Å². The van der Waals surface area contributed by atoms with Crippen molar-refractivity contribution in [3.8, 4) is 11.5 Å². The first-order chi connectivity index (χ1) is 20.5. The van der Waals surface area contributed by atoms with Crippen LogP contribution in [0.1, 0.15) is 39.1 Å². The van der Waals surface area contributed by atoms with Crippen molar-refractivity contribution < 1.29 is 23.9 Å². The summed E-state index contributed by atoms with van der Waals surface area (Å²) in [4.78, 5) is 51.2. The molecule has 3 heterocycles. The van der Waals surface area contributed by atoms with E-state index in [1.54, 1.807) is 66.6 Å². The van der Waals surface area contributed by atoms with E-state index in [-0.39, 0.29) is 30.8 Å². The van der Waals surface area contributed by atoms with Crippen LogP contribution < -0.4 is 14.8 Å². The molecule has 0 aliphatic carbocycles. The minimum Gasteiger partial charge on any atom is -0.497 e. The maximum atomic E-state index is 14.1. The summed E-state index contributed by atoms with van der Waals surface area (Å²) in [5.74, 6) is 0.794. The van der Waals surface area contributed by atoms with Gasteiger partial charge in [0.15, 0.2) is 0 Å². The van der Waals surface area contributed by atoms with Gasteiger partial charge in [-0.05, 0) is 73.5 Å². The van der Waals surface area contributed by atoms with Crippen molar-refractivity contribution in [1.82, 2.24) is 25.0 Å². The SMILES string of the molecule is COc1ccc(C(=O)N(Cc2cccc(OC)c2)C2CC(C(=O)N3CCCNCC3)N(C(=O)c3cccnc3)C2)cc1. The molecular formula is C32H37N5O5. The van der Waals surface area contributed by atoms with Crippen molar-refractivity contribution in [2.45, 2.75) is 31.5 Å². The van der Waals surface area contributed by atoms with Gasteiger partial charge in [-0.25, -0.2) is 0 Å². The van der Waals surface area contributed by atoms with Crippen LogP contribution in [-0.4, -0.2) is 96.4 Å². The van der Waals surface area contributed by atoms with Gasteiger partial charge >= 0.3 is 0 Å². The molecule has 42 heavy (non-hydrogen) atoms. The second-order valence-electron chi connectivity index (χ2n) is 10.5. The Hall–Kier alpha value is -4.44. The molecule has 2 aliphatic rings. The maximum absolute atomic E-state index is 14.1. The van der Waals surface area contributed by atoms with E-state index in [4.69, 9.17) is 9.47 Å². The minimum atomic E-state index is -0.697. The third kappa shape index (κ3) is 6.54. The van der Waals surface area contributed by atoms with Crippen LogP contribution in [0.5, 0.6) is 11.5 Å². The maximum Gasteiger partial charge on any atom is 0.256 e. The summed E-state index contributed by atoms with van der Waals surface area (Å²) in [6.45, 7) is 3.27. The Kier molecular flexibility index (Phi) is 9.33. The van der Waals surface area contributed by atoms with Crippen molar-refractivity contribution in [3.05, 3.63) is 89.7 Å². The van der Waals surface area contributed by atoms with Crippen LogP contribution in [-0.2, 0) is 11.3 Å². The lowest BCUT2D eigenvalue weighted by Crippen LogP contribution is -2.48. The zero-order chi connectivity index (χ0) is 29.5. The van der Waals surface area contributed by atoms with Crippen molar-refractivity contribution in [2.24, 2.45) is 0 Å². The highest BCUT2D eigenvalue weighted by Crippen LogP contribution is 2.29. The molecule has 0 saturated carbocycles. The highest BCUT2D eigenvalue weighted by Gasteiger charge is 2.44. The molecule has 2 aliphatic heterocycles. The summed E-state index contributed by atoms with van der Waals surface area (Å²) in [5, 5.41) is 3.33. The third-order valence-electron chi connectivity index (χ3n) is 7.91. The van der Waals surface area contributed by atoms with Crippen LogP contribution in [0.4, 0.5) is 0 Å². The Labute approximate surface area is 246 Å². The fourth-order valence-corrected chi connectivity index (χ4v) is 5.66. The van der Waals surface area contributed by atoms with Crippen LogP contribution in [0, 0.1) is 0 Å². The van der Waals surface area contributed by atoms with Crippen molar-refractivity contribution >= 4 is 17.7 Å². The molecule has 2 saturated heterocycles. The van der Waals surface area contributed by atoms with E-state index in [0.29, 0.717) is 48.7 Å². The van der Waals surface area contributed by atoms with Gasteiger partial charge in [-0.2, -0.15) is 0 Å². The van der Waals surface area contributed by atoms with Gasteiger partial charge in [-0.15, -0.1) is 0 Å². The predicted molar refractivity (Wildman–Crippen MR) is 157 cm³/mol. The van der Waals surface area contributed by atoms with Gasteiger partial charge in [0.2, 0.25) is 5.91 Å². The van der Waals surface area contributed by atoms with Gasteiger partial charge in [0, 0.05) is 50.7 Å². The molecule has 10 nitrogen and oxygen atoms in total. The first-order valence-electron chi connectivity index (χ1n) is 14.3. The lowest BCUT2D eigenvalue weighted by atomic mass is 10.1. The number of pyridine rings is 1. The molecule has 3 aromatic rings. The minimum absolute atomic E-state index is 0.0864. The monoisotopic (exact) mass is 571 g/mol. The van der Waals surface area contributed by atoms with Crippen molar-refractivity contribution in [2.75, 3.05) is 46.9 Å². The number of carbonyl (C=O) groups excluding carboxylic acids is 3. The number of carbonyl (C=O) groups is 3. The first-order valence-corrected chi connectivity index (χ1v) is 14.3. The van der Waals surface area contributed by atoms with Crippen molar-refractivity contribution in [1.29, 1.82) is 0 Å². The fraction of sp³-hybridized carbons (Fsp3) is 0.375. The molecule has 3 amide bonds. The van der Waals surface area contributed by atoms with Crippen LogP contribution in [0.15, 0.2) is 73.1 Å². The summed E-state index contributed by atoms with van der Waals surface area (Å²) in [7, 11) is 3.18. The fourth-order valence-electron chi connectivity index (χ4n) is 5.66. The normalized spacial score (nSPS) is 18.7. The smallest absolute Gasteiger partial charge is 0.256 e. The number of methoxy groups -OCH3 is 2. The van der Waals surface area contributed by atoms with E-state index in [1.807, 2.05) is 29.2 Å². The number of hydrogen-bond donors (Lipinski definition) is 1. The predicted octanol–water partition coefficient (Wildman–Crippen LogP) is 2.85. The molecule has 1 aromatic heterocycles. The Morgan fingerprint density at radius 2 is 1.76 bits per heavy atom. The number of ether oxygens (including phenoxy) is 2. The second kappa shape index (κ2) is 13.5. The molecule has 2 fully saturated rings. The molecule has 10 heteroatoms. The van der Waals surface area contributed by atoms with Crippen LogP contribution in [0.25, 0.3) is 0 Å². The standard InChI is InChI=1S/C32H37N5O5/c1-41-27-11-9-24(10-12-27)30(38)36(21-23-6-3-8-28(18-23)42-2)26-19-29(32(40)35-16-5-14-33-15-17-35)37(22-26)31(39)25-7-4-13-34-20-25/h3-4,6-13,18,20,26,29,33H,5,14-17,19,21-22H2,1-2H3. The zero-order valence-electron chi connectivity index (χ0n) is 24.1. The van der Waals surface area contributed by atoms with E-state index in [0.717, 1.165) is 18.5 Å². The summed E-state index contributed by atoms with van der Waals surface area (Å²) < 4.78 is 10.7. The van der Waals surface area contributed by atoms with Gasteiger partial charge in [0.05, 0.1) is 25.8 Å². The number of amides is 3. The largest absolute Gasteiger partial charge is 0.497 e. The van der Waals surface area contributed by atoms with E-state index in [1.165, 1.54) is 6.20 Å². The second-order valence-corrected chi connectivity index (χ2v) is 10.5.